The Kier molecular flexibility index (Phi) is 15.0. The largest absolute Gasteiger partial charge is 0.479 e. The summed E-state index contributed by atoms with van der Waals surface area (Å²) in [7, 11) is 2.65. The standard InChI is InChI=1S/C36H55FN2O10/c1-22(2)19-27(32(43)47-23(3)31(41)42)38(9)30(40)29(20-24-11-13-25(14-12-24)26-15-17-46-18-16-26)48-33(44)28(21-36(7,8)37)39(10)34(45)49-35(4,5)6/h11-14,22-23,26-29H,15-21H2,1-10H3,(H,41,42). The summed E-state index contributed by atoms with van der Waals surface area (Å²) in [6.07, 6.45) is -2.48. The predicted molar refractivity (Wildman–Crippen MR) is 180 cm³/mol. The molecule has 0 radical (unpaired) electrons. The monoisotopic (exact) mass is 694 g/mol. The zero-order chi connectivity index (χ0) is 37.3. The Morgan fingerprint density at radius 1 is 0.898 bits per heavy atom. The highest BCUT2D eigenvalue weighted by molar-refractivity contribution is 5.90. The number of nitrogens with zero attached hydrogens (tertiary/aromatic N) is 2. The molecule has 1 fully saturated rings. The van der Waals surface area contributed by atoms with Crippen LogP contribution in [0.3, 0.4) is 0 Å². The van der Waals surface area contributed by atoms with Gasteiger partial charge in [0, 0.05) is 40.2 Å². The number of hydrogen-bond acceptors (Lipinski definition) is 9. The number of aliphatic carboxylic acids is 1. The number of halogens is 1. The van der Waals surface area contributed by atoms with Gasteiger partial charge in [-0.05, 0) is 83.8 Å². The molecule has 49 heavy (non-hydrogen) atoms. The van der Waals surface area contributed by atoms with E-state index in [-0.39, 0.29) is 18.8 Å². The van der Waals surface area contributed by atoms with Gasteiger partial charge in [0.1, 0.15) is 23.4 Å². The Bertz CT molecular complexity index is 1280. The van der Waals surface area contributed by atoms with Crippen LogP contribution in [0.4, 0.5) is 9.18 Å². The molecule has 1 aromatic carbocycles. The van der Waals surface area contributed by atoms with Crippen LogP contribution in [0.15, 0.2) is 24.3 Å². The van der Waals surface area contributed by atoms with E-state index in [0.717, 1.165) is 28.2 Å². The van der Waals surface area contributed by atoms with Crippen LogP contribution in [0.2, 0.25) is 0 Å². The molecule has 0 saturated carbocycles. The summed E-state index contributed by atoms with van der Waals surface area (Å²) in [4.78, 5) is 67.6. The molecule has 1 N–H and O–H groups in total. The minimum absolute atomic E-state index is 0.0974. The molecule has 1 aliphatic heterocycles. The van der Waals surface area contributed by atoms with E-state index in [0.29, 0.717) is 24.7 Å². The van der Waals surface area contributed by atoms with Crippen molar-refractivity contribution in [2.24, 2.45) is 5.92 Å². The van der Waals surface area contributed by atoms with Crippen molar-refractivity contribution in [2.45, 2.75) is 129 Å². The minimum atomic E-state index is -1.91. The number of amides is 2. The fraction of sp³-hybridized carbons (Fsp3) is 0.694. The van der Waals surface area contributed by atoms with Gasteiger partial charge in [-0.3, -0.25) is 9.69 Å². The second-order valence-corrected chi connectivity index (χ2v) is 14.8. The summed E-state index contributed by atoms with van der Waals surface area (Å²) in [5, 5.41) is 9.29. The molecule has 13 heteroatoms. The molecule has 0 spiro atoms. The zero-order valence-electron chi connectivity index (χ0n) is 30.6. The molecule has 2 amide bonds. The molecule has 2 rings (SSSR count). The van der Waals surface area contributed by atoms with Crippen molar-refractivity contribution in [1.29, 1.82) is 0 Å². The maximum absolute atomic E-state index is 15.0. The highest BCUT2D eigenvalue weighted by Gasteiger charge is 2.40. The first-order valence-corrected chi connectivity index (χ1v) is 16.8. The van der Waals surface area contributed by atoms with Gasteiger partial charge < -0.3 is 29.0 Å². The van der Waals surface area contributed by atoms with Gasteiger partial charge in [-0.25, -0.2) is 23.6 Å². The van der Waals surface area contributed by atoms with Gasteiger partial charge in [0.2, 0.25) is 0 Å². The molecule has 4 atom stereocenters. The Labute approximate surface area is 289 Å². The van der Waals surface area contributed by atoms with E-state index in [1.165, 1.54) is 34.9 Å². The molecule has 12 nitrogen and oxygen atoms in total. The van der Waals surface area contributed by atoms with Crippen LogP contribution in [0.25, 0.3) is 0 Å². The number of rotatable bonds is 15. The van der Waals surface area contributed by atoms with Gasteiger partial charge in [-0.2, -0.15) is 0 Å². The van der Waals surface area contributed by atoms with Crippen LogP contribution in [-0.2, 0) is 44.5 Å². The number of benzene rings is 1. The number of likely N-dealkylation sites (N-methyl/N-ethyl adjacent to an activating group) is 2. The highest BCUT2D eigenvalue weighted by Crippen LogP contribution is 2.28. The van der Waals surface area contributed by atoms with Gasteiger partial charge in [-0.15, -0.1) is 0 Å². The quantitative estimate of drug-likeness (QED) is 0.189. The third kappa shape index (κ3) is 13.6. The number of carboxylic acid groups (broad SMARTS) is 1. The summed E-state index contributed by atoms with van der Waals surface area (Å²) in [6, 6.07) is 4.92. The number of hydrogen-bond donors (Lipinski definition) is 1. The molecule has 1 saturated heterocycles. The summed E-state index contributed by atoms with van der Waals surface area (Å²) < 4.78 is 36.9. The van der Waals surface area contributed by atoms with E-state index < -0.39 is 71.9 Å². The Morgan fingerprint density at radius 2 is 1.45 bits per heavy atom. The lowest BCUT2D eigenvalue weighted by Gasteiger charge is -2.34. The van der Waals surface area contributed by atoms with Crippen LogP contribution < -0.4 is 0 Å². The number of carbonyl (C=O) groups is 5. The number of carboxylic acids is 1. The van der Waals surface area contributed by atoms with Crippen LogP contribution in [0.1, 0.15) is 98.1 Å². The first-order valence-electron chi connectivity index (χ1n) is 16.8. The van der Waals surface area contributed by atoms with E-state index in [2.05, 4.69) is 0 Å². The van der Waals surface area contributed by atoms with Gasteiger partial charge >= 0.3 is 24.0 Å². The normalized spacial score (nSPS) is 16.6. The molecule has 0 aromatic heterocycles. The van der Waals surface area contributed by atoms with Gasteiger partial charge in [0.15, 0.2) is 12.2 Å². The zero-order valence-corrected chi connectivity index (χ0v) is 30.6. The minimum Gasteiger partial charge on any atom is -0.479 e. The molecule has 1 aromatic rings. The Hall–Kier alpha value is -3.74. The van der Waals surface area contributed by atoms with E-state index in [1.807, 2.05) is 38.1 Å². The fourth-order valence-corrected chi connectivity index (χ4v) is 5.41. The second-order valence-electron chi connectivity index (χ2n) is 14.8. The van der Waals surface area contributed by atoms with Crippen molar-refractivity contribution in [3.05, 3.63) is 35.4 Å². The van der Waals surface area contributed by atoms with Crippen molar-refractivity contribution in [1.82, 2.24) is 9.80 Å². The lowest BCUT2D eigenvalue weighted by atomic mass is 9.90. The van der Waals surface area contributed by atoms with Gasteiger partial charge in [0.25, 0.3) is 5.91 Å². The van der Waals surface area contributed by atoms with Gasteiger partial charge in [-0.1, -0.05) is 38.1 Å². The summed E-state index contributed by atoms with van der Waals surface area (Å²) >= 11 is 0. The molecule has 276 valence electrons. The number of esters is 2. The number of alkyl halides is 1. The fourth-order valence-electron chi connectivity index (χ4n) is 5.41. The SMILES string of the molecule is CC(C)CC(C(=O)OC(C)C(=O)O)N(C)C(=O)C(Cc1ccc(C2CCOCC2)cc1)OC(=O)C(CC(C)(C)F)N(C)C(=O)OC(C)(C)C. The molecule has 0 bridgehead atoms. The van der Waals surface area contributed by atoms with Crippen molar-refractivity contribution in [2.75, 3.05) is 27.3 Å². The van der Waals surface area contributed by atoms with Crippen molar-refractivity contribution in [3.63, 3.8) is 0 Å². The van der Waals surface area contributed by atoms with E-state index in [1.54, 1.807) is 20.8 Å². The molecular formula is C36H55FN2O10. The Balaban J connectivity index is 2.49. The summed E-state index contributed by atoms with van der Waals surface area (Å²) in [6.45, 7) is 13.7. The van der Waals surface area contributed by atoms with E-state index >= 15 is 4.39 Å². The predicted octanol–water partition coefficient (Wildman–Crippen LogP) is 5.30. The van der Waals surface area contributed by atoms with Crippen LogP contribution in [-0.4, -0.2) is 108 Å². The molecule has 1 heterocycles. The van der Waals surface area contributed by atoms with Crippen molar-refractivity contribution in [3.8, 4) is 0 Å². The van der Waals surface area contributed by atoms with E-state index in [9.17, 15) is 29.1 Å². The van der Waals surface area contributed by atoms with Crippen LogP contribution in [0, 0.1) is 5.92 Å². The maximum atomic E-state index is 15.0. The first-order chi connectivity index (χ1) is 22.6. The lowest BCUT2D eigenvalue weighted by molar-refractivity contribution is -0.172. The second kappa shape index (κ2) is 17.8. The topological polar surface area (TPSA) is 149 Å². The molecule has 1 aliphatic rings. The van der Waals surface area contributed by atoms with Gasteiger partial charge in [0.05, 0.1) is 0 Å². The maximum Gasteiger partial charge on any atom is 0.410 e. The summed E-state index contributed by atoms with van der Waals surface area (Å²) in [5.41, 5.74) is -1.05. The smallest absolute Gasteiger partial charge is 0.410 e. The van der Waals surface area contributed by atoms with E-state index in [4.69, 9.17) is 18.9 Å². The van der Waals surface area contributed by atoms with Crippen LogP contribution >= 0.6 is 0 Å². The summed E-state index contributed by atoms with van der Waals surface area (Å²) in [5.74, 6) is -3.85. The highest BCUT2D eigenvalue weighted by atomic mass is 19.1. The number of ether oxygens (including phenoxy) is 4. The average Bonchev–Trinajstić information content (AvgIpc) is 3.00. The molecule has 4 unspecified atom stereocenters. The lowest BCUT2D eigenvalue weighted by Crippen LogP contribution is -2.52. The molecular weight excluding hydrogens is 639 g/mol. The Morgan fingerprint density at radius 3 is 1.94 bits per heavy atom. The van der Waals surface area contributed by atoms with Crippen molar-refractivity contribution >= 4 is 29.9 Å². The molecule has 0 aliphatic carbocycles. The third-order valence-electron chi connectivity index (χ3n) is 8.15. The average molecular weight is 695 g/mol. The first kappa shape index (κ1) is 41.4. The van der Waals surface area contributed by atoms with Crippen molar-refractivity contribution < 1.29 is 52.4 Å². The van der Waals surface area contributed by atoms with Crippen LogP contribution in [0.5, 0.6) is 0 Å². The third-order valence-corrected chi connectivity index (χ3v) is 8.15. The number of carbonyl (C=O) groups excluding carboxylic acids is 4.